The molecule has 3 aliphatic heterocycles. The van der Waals surface area contributed by atoms with Crippen LogP contribution in [0.4, 0.5) is 0 Å². The summed E-state index contributed by atoms with van der Waals surface area (Å²) in [6, 6.07) is -1.25. The van der Waals surface area contributed by atoms with E-state index >= 15 is 0 Å². The van der Waals surface area contributed by atoms with Crippen LogP contribution in [0.15, 0.2) is 25.3 Å². The highest BCUT2D eigenvalue weighted by Crippen LogP contribution is 2.72. The van der Waals surface area contributed by atoms with Gasteiger partial charge in [0, 0.05) is 17.3 Å². The van der Waals surface area contributed by atoms with Crippen LogP contribution in [0.25, 0.3) is 0 Å². The number of rotatable bonds is 16. The summed E-state index contributed by atoms with van der Waals surface area (Å²) in [5, 5.41) is 10.5. The number of esters is 1. The van der Waals surface area contributed by atoms with Gasteiger partial charge in [0.05, 0.1) is 35.8 Å². The smallest absolute Gasteiger partial charge is 0.311 e. The molecule has 2 bridgehead atoms. The Morgan fingerprint density at radius 3 is 2.54 bits per heavy atom. The Labute approximate surface area is 239 Å². The van der Waals surface area contributed by atoms with Gasteiger partial charge in [-0.25, -0.2) is 0 Å². The van der Waals surface area contributed by atoms with Crippen LogP contribution in [0.2, 0.25) is 0 Å². The maximum Gasteiger partial charge on any atom is 0.311 e. The topological polar surface area (TPSA) is 87.1 Å². The summed E-state index contributed by atoms with van der Waals surface area (Å²) in [5.41, 5.74) is 0. The maximum absolute atomic E-state index is 14.6. The lowest BCUT2D eigenvalue weighted by Gasteiger charge is -2.42. The normalized spacial score (nSPS) is 31.5. The van der Waals surface area contributed by atoms with E-state index in [0.29, 0.717) is 19.6 Å². The van der Waals surface area contributed by atoms with E-state index in [-0.39, 0.29) is 36.4 Å². The molecule has 0 radical (unpaired) electrons. The third-order valence-electron chi connectivity index (χ3n) is 9.44. The molecule has 1 N–H and O–H groups in total. The molecule has 3 unspecified atom stereocenters. The third kappa shape index (κ3) is 5.70. The predicted octanol–water partition coefficient (Wildman–Crippen LogP) is 4.98. The summed E-state index contributed by atoms with van der Waals surface area (Å²) in [4.78, 5) is 46.2. The molecule has 0 aromatic heterocycles. The van der Waals surface area contributed by atoms with Crippen LogP contribution in [-0.4, -0.2) is 80.1 Å². The Morgan fingerprint density at radius 1 is 1.23 bits per heavy atom. The molecular formula is C31H50N2O5S. The average Bonchev–Trinajstić information content (AvgIpc) is 3.48. The van der Waals surface area contributed by atoms with Crippen molar-refractivity contribution in [3.8, 4) is 0 Å². The standard InChI is InChI=1S/C31H50N2O5S/c1-8-12-13-14-19-38-29(37)25-24-27(35)33(23(20-34)21(5)11-4)26(31(24)17-16-30(25,7)39-31)28(36)32(18-10-3)22(6)15-9-2/h8,10,21-26,34H,1,3,9,11-20H2,2,4-7H3/t21-,22?,23-,24-,25+,26?,30-,31?/m0/s1. The van der Waals surface area contributed by atoms with Crippen LogP contribution in [-0.2, 0) is 19.1 Å². The molecule has 8 atom stereocenters. The Morgan fingerprint density at radius 2 is 1.95 bits per heavy atom. The van der Waals surface area contributed by atoms with Crippen LogP contribution in [0, 0.1) is 17.8 Å². The quantitative estimate of drug-likeness (QED) is 0.162. The first-order valence-electron chi connectivity index (χ1n) is 14.9. The molecule has 220 valence electrons. The first-order chi connectivity index (χ1) is 18.6. The summed E-state index contributed by atoms with van der Waals surface area (Å²) in [5.74, 6) is -1.86. The lowest BCUT2D eigenvalue weighted by molar-refractivity contribution is -0.156. The third-order valence-corrected chi connectivity index (χ3v) is 11.4. The molecule has 8 heteroatoms. The van der Waals surface area contributed by atoms with Crippen LogP contribution < -0.4 is 0 Å². The molecular weight excluding hydrogens is 512 g/mol. The number of nitrogens with zero attached hydrogens (tertiary/aromatic N) is 2. The van der Waals surface area contributed by atoms with Crippen molar-refractivity contribution in [2.45, 2.75) is 114 Å². The second kappa shape index (κ2) is 13.2. The number of ether oxygens (including phenoxy) is 1. The summed E-state index contributed by atoms with van der Waals surface area (Å²) in [6.07, 6.45) is 10.1. The van der Waals surface area contributed by atoms with Gasteiger partial charge < -0.3 is 19.6 Å². The van der Waals surface area contributed by atoms with E-state index in [1.165, 1.54) is 0 Å². The molecule has 0 saturated carbocycles. The van der Waals surface area contributed by atoms with Gasteiger partial charge in [-0.05, 0) is 58.3 Å². The van der Waals surface area contributed by atoms with E-state index in [0.717, 1.165) is 44.9 Å². The minimum absolute atomic E-state index is 0.00144. The molecule has 3 heterocycles. The van der Waals surface area contributed by atoms with Crippen LogP contribution in [0.3, 0.4) is 0 Å². The van der Waals surface area contributed by atoms with Crippen molar-refractivity contribution in [2.75, 3.05) is 19.8 Å². The number of carbonyl (C=O) groups excluding carboxylic acids is 3. The molecule has 3 fully saturated rings. The van der Waals surface area contributed by atoms with Gasteiger partial charge in [0.15, 0.2) is 0 Å². The average molecular weight is 563 g/mol. The van der Waals surface area contributed by atoms with Crippen molar-refractivity contribution < 1.29 is 24.2 Å². The highest BCUT2D eigenvalue weighted by atomic mass is 32.2. The van der Waals surface area contributed by atoms with Gasteiger partial charge in [-0.3, -0.25) is 14.4 Å². The first kappa shape index (κ1) is 31.7. The predicted molar refractivity (Wildman–Crippen MR) is 157 cm³/mol. The van der Waals surface area contributed by atoms with Gasteiger partial charge in [0.25, 0.3) is 0 Å². The molecule has 3 saturated heterocycles. The fraction of sp³-hybridized carbons (Fsp3) is 0.774. The lowest BCUT2D eigenvalue weighted by Crippen LogP contribution is -2.59. The molecule has 0 aromatic rings. The van der Waals surface area contributed by atoms with E-state index in [1.807, 2.05) is 31.7 Å². The molecule has 1 spiro atoms. The molecule has 39 heavy (non-hydrogen) atoms. The summed E-state index contributed by atoms with van der Waals surface area (Å²) >= 11 is 1.66. The molecule has 7 nitrogen and oxygen atoms in total. The first-order valence-corrected chi connectivity index (χ1v) is 15.7. The van der Waals surface area contributed by atoms with Gasteiger partial charge >= 0.3 is 5.97 Å². The number of fused-ring (bicyclic) bond motifs is 1. The number of likely N-dealkylation sites (tertiary alicyclic amines) is 1. The van der Waals surface area contributed by atoms with Gasteiger partial charge in [-0.2, -0.15) is 0 Å². The second-order valence-corrected chi connectivity index (χ2v) is 13.9. The number of hydrogen-bond acceptors (Lipinski definition) is 6. The van der Waals surface area contributed by atoms with Crippen LogP contribution in [0.1, 0.15) is 86.0 Å². The number of thioether (sulfide) groups is 1. The zero-order chi connectivity index (χ0) is 29.0. The monoisotopic (exact) mass is 562 g/mol. The largest absolute Gasteiger partial charge is 0.465 e. The maximum atomic E-state index is 14.6. The van der Waals surface area contributed by atoms with E-state index in [4.69, 9.17) is 4.74 Å². The Bertz CT molecular complexity index is 927. The van der Waals surface area contributed by atoms with Crippen molar-refractivity contribution in [3.63, 3.8) is 0 Å². The summed E-state index contributed by atoms with van der Waals surface area (Å²) < 4.78 is 4.58. The Kier molecular flexibility index (Phi) is 10.8. The minimum atomic E-state index is -0.738. The highest BCUT2D eigenvalue weighted by Gasteiger charge is 2.78. The van der Waals surface area contributed by atoms with Gasteiger partial charge in [0.1, 0.15) is 6.04 Å². The van der Waals surface area contributed by atoms with Crippen molar-refractivity contribution >= 4 is 29.5 Å². The van der Waals surface area contributed by atoms with E-state index in [9.17, 15) is 19.5 Å². The van der Waals surface area contributed by atoms with Gasteiger partial charge in [-0.15, -0.1) is 24.9 Å². The number of aliphatic hydroxyl groups excluding tert-OH is 1. The lowest BCUT2D eigenvalue weighted by atomic mass is 9.66. The van der Waals surface area contributed by atoms with E-state index < -0.39 is 33.4 Å². The Hall–Kier alpha value is -1.80. The number of allylic oxidation sites excluding steroid dienone is 1. The van der Waals surface area contributed by atoms with Crippen LogP contribution >= 0.6 is 11.8 Å². The van der Waals surface area contributed by atoms with Crippen LogP contribution in [0.5, 0.6) is 0 Å². The Balaban J connectivity index is 2.05. The molecule has 2 amide bonds. The van der Waals surface area contributed by atoms with Gasteiger partial charge in [0.2, 0.25) is 11.8 Å². The number of amides is 2. The fourth-order valence-corrected chi connectivity index (χ4v) is 9.51. The van der Waals surface area contributed by atoms with Crippen molar-refractivity contribution in [1.82, 2.24) is 9.80 Å². The van der Waals surface area contributed by atoms with Crippen molar-refractivity contribution in [3.05, 3.63) is 25.3 Å². The number of aliphatic hydroxyl groups is 1. The zero-order valence-electron chi connectivity index (χ0n) is 24.7. The molecule has 0 aliphatic carbocycles. The van der Waals surface area contributed by atoms with Gasteiger partial charge in [-0.1, -0.05) is 45.8 Å². The second-order valence-electron chi connectivity index (χ2n) is 12.0. The number of hydrogen-bond donors (Lipinski definition) is 1. The van der Waals surface area contributed by atoms with Crippen molar-refractivity contribution in [1.29, 1.82) is 0 Å². The van der Waals surface area contributed by atoms with E-state index in [1.54, 1.807) is 22.7 Å². The minimum Gasteiger partial charge on any atom is -0.465 e. The zero-order valence-corrected chi connectivity index (χ0v) is 25.5. The summed E-state index contributed by atoms with van der Waals surface area (Å²) in [7, 11) is 0. The SMILES string of the molecule is C=CCCCCOC(=O)[C@H]1[C@H]2C(=O)N([C@@H](CO)[C@@H](C)CC)C(C(=O)N(CC=C)C(C)CCC)C23CC[C@]1(C)S3. The molecule has 3 aliphatic rings. The molecule has 0 aromatic carbocycles. The number of carbonyl (C=O) groups is 3. The number of unbranched alkanes of at least 4 members (excludes halogenated alkanes) is 2. The highest BCUT2D eigenvalue weighted by molar-refractivity contribution is 8.02. The van der Waals surface area contributed by atoms with Crippen molar-refractivity contribution in [2.24, 2.45) is 17.8 Å². The fourth-order valence-electron chi connectivity index (χ4n) is 7.18. The molecule has 3 rings (SSSR count). The summed E-state index contributed by atoms with van der Waals surface area (Å²) in [6.45, 7) is 18.4. The van der Waals surface area contributed by atoms with E-state index in [2.05, 4.69) is 27.0 Å².